The smallest absolute Gasteiger partial charge is 0.341 e. The Labute approximate surface area is 135 Å². The van der Waals surface area contributed by atoms with Crippen molar-refractivity contribution in [1.29, 1.82) is 0 Å². The maximum atomic E-state index is 14.9. The Morgan fingerprint density at radius 3 is 2.79 bits per heavy atom. The maximum Gasteiger partial charge on any atom is 0.395 e. The first-order valence-corrected chi connectivity index (χ1v) is 8.03. The zero-order valence-corrected chi connectivity index (χ0v) is 13.0. The van der Waals surface area contributed by atoms with Crippen molar-refractivity contribution in [3.63, 3.8) is 0 Å². The summed E-state index contributed by atoms with van der Waals surface area (Å²) in [6, 6.07) is 4.84. The van der Waals surface area contributed by atoms with E-state index in [0.717, 1.165) is 36.5 Å². The van der Waals surface area contributed by atoms with Gasteiger partial charge in [-0.15, -0.1) is 0 Å². The van der Waals surface area contributed by atoms with Gasteiger partial charge in [0.05, 0.1) is 5.69 Å². The Hall–Kier alpha value is -2.31. The summed E-state index contributed by atoms with van der Waals surface area (Å²) in [5, 5.41) is -2.55. The van der Waals surface area contributed by atoms with Crippen molar-refractivity contribution in [2.45, 2.75) is 11.6 Å². The number of halogens is 3. The molecule has 0 bridgehead atoms. The summed E-state index contributed by atoms with van der Waals surface area (Å²) >= 11 is 0. The van der Waals surface area contributed by atoms with E-state index in [0.29, 0.717) is 0 Å². The number of alkyl halides is 1. The number of sulfonamides is 1. The second-order valence-electron chi connectivity index (χ2n) is 4.82. The summed E-state index contributed by atoms with van der Waals surface area (Å²) in [6.45, 7) is 0. The van der Waals surface area contributed by atoms with Crippen LogP contribution in [-0.4, -0.2) is 43.1 Å². The van der Waals surface area contributed by atoms with Gasteiger partial charge in [0, 0.05) is 19.4 Å². The summed E-state index contributed by atoms with van der Waals surface area (Å²) in [6.07, 6.45) is 0.478. The van der Waals surface area contributed by atoms with Crippen molar-refractivity contribution in [3.05, 3.63) is 42.4 Å². The minimum Gasteiger partial charge on any atom is -0.341 e. The van der Waals surface area contributed by atoms with E-state index < -0.39 is 33.1 Å². The summed E-state index contributed by atoms with van der Waals surface area (Å²) in [7, 11) is -3.73. The van der Waals surface area contributed by atoms with E-state index in [-0.39, 0.29) is 11.0 Å². The Balaban J connectivity index is 1.91. The molecule has 2 atom stereocenters. The maximum absolute atomic E-state index is 14.9. The van der Waals surface area contributed by atoms with Crippen LogP contribution in [0.25, 0.3) is 0 Å². The van der Waals surface area contributed by atoms with Crippen LogP contribution >= 0.6 is 0 Å². The standard InChI is InChI=1S/C12H12F3N5O3S/c1-23-11-19(15)7-6-10-16-12(14,18-20(10)11)24(21,22)17-9-5-3-2-4-8(9)13/h2-7,11,17-18H,1H3. The Bertz CT molecular complexity index is 818. The number of nitrogens with one attached hydrogen (secondary N) is 2. The van der Waals surface area contributed by atoms with Gasteiger partial charge in [0.25, 0.3) is 6.35 Å². The molecule has 130 valence electrons. The highest BCUT2D eigenvalue weighted by Gasteiger charge is 2.54. The van der Waals surface area contributed by atoms with Crippen LogP contribution in [0.4, 0.5) is 18.9 Å². The molecular formula is C12H12F3N5O3S. The number of methoxy groups -OCH3 is 1. The quantitative estimate of drug-likeness (QED) is 0.613. The van der Waals surface area contributed by atoms with Crippen molar-refractivity contribution < 1.29 is 26.4 Å². The molecule has 0 aliphatic carbocycles. The average Bonchev–Trinajstić information content (AvgIpc) is 2.88. The third-order valence-corrected chi connectivity index (χ3v) is 4.63. The molecule has 3 rings (SSSR count). The molecule has 8 nitrogen and oxygen atoms in total. The van der Waals surface area contributed by atoms with Crippen LogP contribution in [-0.2, 0) is 14.8 Å². The normalized spacial score (nSPS) is 26.3. The van der Waals surface area contributed by atoms with Crippen molar-refractivity contribution in [1.82, 2.24) is 15.6 Å². The largest absolute Gasteiger partial charge is 0.395 e. The first kappa shape index (κ1) is 16.5. The lowest BCUT2D eigenvalue weighted by Gasteiger charge is -2.34. The van der Waals surface area contributed by atoms with Crippen LogP contribution in [0.15, 0.2) is 41.5 Å². The lowest BCUT2D eigenvalue weighted by atomic mass is 10.3. The third kappa shape index (κ3) is 2.57. The molecule has 2 N–H and O–H groups in total. The van der Waals surface area contributed by atoms with Crippen LogP contribution < -0.4 is 10.1 Å². The number of para-hydroxylation sites is 1. The van der Waals surface area contributed by atoms with Crippen LogP contribution in [0.1, 0.15) is 0 Å². The molecule has 1 aromatic rings. The van der Waals surface area contributed by atoms with E-state index >= 15 is 0 Å². The second-order valence-corrected chi connectivity index (χ2v) is 6.57. The molecule has 1 aromatic carbocycles. The molecule has 0 spiro atoms. The molecule has 12 heteroatoms. The fourth-order valence-corrected chi connectivity index (χ4v) is 3.14. The third-order valence-electron chi connectivity index (χ3n) is 3.25. The summed E-state index contributed by atoms with van der Waals surface area (Å²) < 4.78 is 73.2. The van der Waals surface area contributed by atoms with Gasteiger partial charge in [-0.05, 0) is 12.1 Å². The number of benzene rings is 1. The first-order valence-electron chi connectivity index (χ1n) is 6.55. The predicted molar refractivity (Wildman–Crippen MR) is 78.1 cm³/mol. The van der Waals surface area contributed by atoms with Crippen LogP contribution in [0.5, 0.6) is 0 Å². The summed E-state index contributed by atoms with van der Waals surface area (Å²) in [5.74, 6) is -1.10. The predicted octanol–water partition coefficient (Wildman–Crippen LogP) is 1.01. The molecule has 0 aromatic heterocycles. The number of rotatable bonds is 4. The highest BCUT2D eigenvalue weighted by atomic mass is 32.2. The van der Waals surface area contributed by atoms with E-state index in [2.05, 4.69) is 4.99 Å². The van der Waals surface area contributed by atoms with Crippen molar-refractivity contribution >= 4 is 21.5 Å². The molecule has 0 saturated heterocycles. The number of aliphatic imine (C=N–C) groups is 1. The highest BCUT2D eigenvalue weighted by Crippen LogP contribution is 2.30. The van der Waals surface area contributed by atoms with Gasteiger partial charge < -0.3 is 4.74 Å². The highest BCUT2D eigenvalue weighted by molar-refractivity contribution is 7.93. The molecule has 24 heavy (non-hydrogen) atoms. The molecule has 0 fully saturated rings. The monoisotopic (exact) mass is 363 g/mol. The lowest BCUT2D eigenvalue weighted by molar-refractivity contribution is -0.183. The van der Waals surface area contributed by atoms with Crippen LogP contribution in [0.3, 0.4) is 0 Å². The van der Waals surface area contributed by atoms with Crippen LogP contribution in [0.2, 0.25) is 0 Å². The van der Waals surface area contributed by atoms with E-state index in [4.69, 9.17) is 4.74 Å². The molecular weight excluding hydrogens is 351 g/mol. The summed E-state index contributed by atoms with van der Waals surface area (Å²) in [5.41, 5.74) is 1.46. The molecule has 0 radical (unpaired) electrons. The minimum absolute atomic E-state index is 0.0780. The van der Waals surface area contributed by atoms with Crippen LogP contribution in [0, 0.1) is 5.82 Å². The Kier molecular flexibility index (Phi) is 3.89. The van der Waals surface area contributed by atoms with E-state index in [1.165, 1.54) is 12.1 Å². The van der Waals surface area contributed by atoms with E-state index in [1.807, 2.05) is 5.43 Å². The van der Waals surface area contributed by atoms with Gasteiger partial charge >= 0.3 is 15.3 Å². The van der Waals surface area contributed by atoms with Gasteiger partial charge in [0.2, 0.25) is 0 Å². The van der Waals surface area contributed by atoms with Gasteiger partial charge in [-0.25, -0.2) is 9.40 Å². The molecule has 0 saturated carbocycles. The number of hydrogen-bond donors (Lipinski definition) is 2. The van der Waals surface area contributed by atoms with Gasteiger partial charge in [-0.3, -0.25) is 4.72 Å². The number of hydrogen-bond acceptors (Lipinski definition) is 7. The van der Waals surface area contributed by atoms with Gasteiger partial charge in [-0.2, -0.15) is 28.3 Å². The second kappa shape index (κ2) is 5.65. The number of ether oxygens (including phenoxy) is 1. The fraction of sp³-hybridized carbons (Fsp3) is 0.250. The zero-order chi connectivity index (χ0) is 17.5. The van der Waals surface area contributed by atoms with E-state index in [1.54, 1.807) is 4.72 Å². The molecule has 0 amide bonds. The number of hydrazine groups is 1. The number of nitrogens with zero attached hydrogens (tertiary/aromatic N) is 3. The molecule has 2 heterocycles. The molecule has 2 aliphatic heterocycles. The number of fused-ring (bicyclic) bond motifs is 1. The van der Waals surface area contributed by atoms with Crippen molar-refractivity contribution in [2.24, 2.45) is 4.99 Å². The van der Waals surface area contributed by atoms with Gasteiger partial charge in [0.1, 0.15) is 11.7 Å². The van der Waals surface area contributed by atoms with Crippen molar-refractivity contribution in [3.8, 4) is 0 Å². The molecule has 2 unspecified atom stereocenters. The zero-order valence-electron chi connectivity index (χ0n) is 12.1. The first-order chi connectivity index (χ1) is 11.3. The lowest BCUT2D eigenvalue weighted by Crippen LogP contribution is -2.59. The van der Waals surface area contributed by atoms with Gasteiger partial charge in [-0.1, -0.05) is 16.6 Å². The Morgan fingerprint density at radius 2 is 2.12 bits per heavy atom. The Morgan fingerprint density at radius 1 is 1.42 bits per heavy atom. The number of amidine groups is 1. The molecule has 2 aliphatic rings. The van der Waals surface area contributed by atoms with Gasteiger partial charge in [0.15, 0.2) is 0 Å². The van der Waals surface area contributed by atoms with Crippen molar-refractivity contribution in [2.75, 3.05) is 11.8 Å². The summed E-state index contributed by atoms with van der Waals surface area (Å²) in [4.78, 5) is 3.40. The fourth-order valence-electron chi connectivity index (χ4n) is 2.12. The topological polar surface area (TPSA) is 86.3 Å². The average molecular weight is 363 g/mol. The van der Waals surface area contributed by atoms with E-state index in [9.17, 15) is 21.7 Å². The number of anilines is 1. The SMILES string of the molecule is COC1N(F)C=CC2=NC(F)(S(=O)(=O)Nc3ccccc3F)NN21. The minimum atomic E-state index is -4.87.